The molecule has 1 aromatic carbocycles. The first kappa shape index (κ1) is 18.8. The molecule has 0 saturated heterocycles. The molecule has 0 aliphatic heterocycles. The molecule has 0 unspecified atom stereocenters. The van der Waals surface area contributed by atoms with Crippen molar-refractivity contribution in [1.82, 2.24) is 10.2 Å². The van der Waals surface area contributed by atoms with Gasteiger partial charge in [-0.05, 0) is 38.0 Å². The lowest BCUT2D eigenvalue weighted by Gasteiger charge is -2.24. The van der Waals surface area contributed by atoms with E-state index in [0.29, 0.717) is 36.0 Å². The zero-order valence-electron chi connectivity index (χ0n) is 13.2. The Kier molecular flexibility index (Phi) is 7.69. The highest BCUT2D eigenvalue weighted by Gasteiger charge is 2.14. The predicted octanol–water partition coefficient (Wildman–Crippen LogP) is 3.30. The van der Waals surface area contributed by atoms with Crippen molar-refractivity contribution in [2.24, 2.45) is 0 Å². The molecule has 0 aliphatic carbocycles. The van der Waals surface area contributed by atoms with Crippen LogP contribution in [0.4, 0.5) is 0 Å². The number of rotatable bonds is 7. The molecule has 122 valence electrons. The molecule has 4 nitrogen and oxygen atoms in total. The van der Waals surface area contributed by atoms with Gasteiger partial charge in [-0.3, -0.25) is 9.59 Å². The Labute approximate surface area is 141 Å². The Morgan fingerprint density at radius 2 is 1.95 bits per heavy atom. The van der Waals surface area contributed by atoms with Gasteiger partial charge in [-0.1, -0.05) is 29.3 Å². The summed E-state index contributed by atoms with van der Waals surface area (Å²) in [5, 5.41) is 4.03. The van der Waals surface area contributed by atoms with E-state index in [1.165, 1.54) is 6.92 Å². The molecule has 0 bridgehead atoms. The van der Waals surface area contributed by atoms with Gasteiger partial charge in [0.2, 0.25) is 11.8 Å². The summed E-state index contributed by atoms with van der Waals surface area (Å²) in [4.78, 5) is 24.9. The highest BCUT2D eigenvalue weighted by molar-refractivity contribution is 6.35. The minimum Gasteiger partial charge on any atom is -0.356 e. The van der Waals surface area contributed by atoms with Crippen molar-refractivity contribution < 1.29 is 9.59 Å². The first-order chi connectivity index (χ1) is 10.3. The van der Waals surface area contributed by atoms with Crippen LogP contribution in [0, 0.1) is 0 Å². The normalized spacial score (nSPS) is 10.6. The van der Waals surface area contributed by atoms with E-state index in [1.54, 1.807) is 17.0 Å². The van der Waals surface area contributed by atoms with E-state index in [-0.39, 0.29) is 17.9 Å². The van der Waals surface area contributed by atoms with E-state index in [4.69, 9.17) is 23.2 Å². The molecule has 1 rings (SSSR count). The average Bonchev–Trinajstić information content (AvgIpc) is 2.40. The van der Waals surface area contributed by atoms with Crippen LogP contribution in [0.3, 0.4) is 0 Å². The summed E-state index contributed by atoms with van der Waals surface area (Å²) in [5.74, 6) is -0.0901. The van der Waals surface area contributed by atoms with Gasteiger partial charge < -0.3 is 10.2 Å². The quantitative estimate of drug-likeness (QED) is 0.824. The van der Waals surface area contributed by atoms with E-state index in [1.807, 2.05) is 19.9 Å². The topological polar surface area (TPSA) is 49.4 Å². The summed E-state index contributed by atoms with van der Waals surface area (Å²) in [7, 11) is 0. The van der Waals surface area contributed by atoms with Gasteiger partial charge in [-0.2, -0.15) is 0 Å². The number of benzene rings is 1. The number of hydrogen-bond donors (Lipinski definition) is 1. The van der Waals surface area contributed by atoms with Crippen LogP contribution in [0.15, 0.2) is 18.2 Å². The Morgan fingerprint density at radius 1 is 1.27 bits per heavy atom. The van der Waals surface area contributed by atoms with Gasteiger partial charge >= 0.3 is 0 Å². The number of hydrogen-bond acceptors (Lipinski definition) is 2. The third-order valence-electron chi connectivity index (χ3n) is 3.34. The molecule has 0 aromatic heterocycles. The van der Waals surface area contributed by atoms with Gasteiger partial charge in [0.1, 0.15) is 0 Å². The van der Waals surface area contributed by atoms with Crippen molar-refractivity contribution in [3.63, 3.8) is 0 Å². The van der Waals surface area contributed by atoms with Gasteiger partial charge in [0.15, 0.2) is 0 Å². The smallest absolute Gasteiger partial charge is 0.221 e. The summed E-state index contributed by atoms with van der Waals surface area (Å²) in [6.07, 6.45) is 0.939. The van der Waals surface area contributed by atoms with Gasteiger partial charge in [0.05, 0.1) is 0 Å². The number of nitrogens with zero attached hydrogens (tertiary/aromatic N) is 1. The Balaban J connectivity index is 2.36. The lowest BCUT2D eigenvalue weighted by molar-refractivity contribution is -0.131. The maximum Gasteiger partial charge on any atom is 0.221 e. The molecule has 6 heteroatoms. The Hall–Kier alpha value is -1.26. The molecule has 0 saturated carbocycles. The molecule has 0 spiro atoms. The minimum atomic E-state index is -0.0722. The van der Waals surface area contributed by atoms with Crippen LogP contribution in [-0.4, -0.2) is 35.8 Å². The molecule has 0 heterocycles. The fraction of sp³-hybridized carbons (Fsp3) is 0.500. The molecule has 2 amide bonds. The van der Waals surface area contributed by atoms with Crippen LogP contribution < -0.4 is 5.32 Å². The van der Waals surface area contributed by atoms with Crippen LogP contribution >= 0.6 is 23.2 Å². The van der Waals surface area contributed by atoms with E-state index < -0.39 is 0 Å². The second-order valence-electron chi connectivity index (χ2n) is 5.39. The number of halogens is 2. The largest absolute Gasteiger partial charge is 0.356 e. The summed E-state index contributed by atoms with van der Waals surface area (Å²) in [6, 6.07) is 5.41. The molecule has 0 radical (unpaired) electrons. The lowest BCUT2D eigenvalue weighted by atomic mass is 10.1. The maximum atomic E-state index is 11.8. The van der Waals surface area contributed by atoms with Crippen LogP contribution in [0.2, 0.25) is 10.0 Å². The fourth-order valence-electron chi connectivity index (χ4n) is 2.15. The summed E-state index contributed by atoms with van der Waals surface area (Å²) in [5.41, 5.74) is 0.943. The first-order valence-corrected chi connectivity index (χ1v) is 8.04. The zero-order valence-corrected chi connectivity index (χ0v) is 14.7. The van der Waals surface area contributed by atoms with Gasteiger partial charge in [-0.25, -0.2) is 0 Å². The number of amides is 2. The molecular formula is C16H22Cl2N2O2. The minimum absolute atomic E-state index is 0.0178. The van der Waals surface area contributed by atoms with Crippen molar-refractivity contribution in [3.8, 4) is 0 Å². The third-order valence-corrected chi connectivity index (χ3v) is 3.93. The van der Waals surface area contributed by atoms with Crippen LogP contribution in [0.1, 0.15) is 32.8 Å². The van der Waals surface area contributed by atoms with E-state index in [2.05, 4.69) is 5.32 Å². The molecule has 0 fully saturated rings. The van der Waals surface area contributed by atoms with Gasteiger partial charge in [-0.15, -0.1) is 0 Å². The lowest BCUT2D eigenvalue weighted by Crippen LogP contribution is -2.38. The fourth-order valence-corrected chi connectivity index (χ4v) is 2.65. The second-order valence-corrected chi connectivity index (χ2v) is 6.24. The van der Waals surface area contributed by atoms with Crippen LogP contribution in [0.25, 0.3) is 0 Å². The first-order valence-electron chi connectivity index (χ1n) is 7.29. The van der Waals surface area contributed by atoms with Crippen molar-refractivity contribution in [2.75, 3.05) is 13.1 Å². The van der Waals surface area contributed by atoms with Crippen molar-refractivity contribution >= 4 is 35.0 Å². The highest BCUT2D eigenvalue weighted by Crippen LogP contribution is 2.21. The number of carbonyl (C=O) groups excluding carboxylic acids is 2. The molecule has 0 atom stereocenters. The maximum absolute atomic E-state index is 11.8. The highest BCUT2D eigenvalue weighted by atomic mass is 35.5. The number of carbonyl (C=O) groups is 2. The van der Waals surface area contributed by atoms with E-state index in [9.17, 15) is 9.59 Å². The van der Waals surface area contributed by atoms with Crippen LogP contribution in [-0.2, 0) is 16.0 Å². The summed E-state index contributed by atoms with van der Waals surface area (Å²) < 4.78 is 0. The second kappa shape index (κ2) is 9.01. The van der Waals surface area contributed by atoms with E-state index in [0.717, 1.165) is 5.56 Å². The van der Waals surface area contributed by atoms with Crippen molar-refractivity contribution in [1.29, 1.82) is 0 Å². The number of nitrogens with one attached hydrogen (secondary N) is 1. The van der Waals surface area contributed by atoms with Crippen molar-refractivity contribution in [3.05, 3.63) is 33.8 Å². The van der Waals surface area contributed by atoms with E-state index >= 15 is 0 Å². The summed E-state index contributed by atoms with van der Waals surface area (Å²) in [6.45, 7) is 6.31. The van der Waals surface area contributed by atoms with Crippen molar-refractivity contribution in [2.45, 2.75) is 39.7 Å². The molecule has 0 aliphatic rings. The zero-order chi connectivity index (χ0) is 16.7. The Bertz CT molecular complexity index is 533. The molecular weight excluding hydrogens is 323 g/mol. The van der Waals surface area contributed by atoms with Gasteiger partial charge in [0.25, 0.3) is 0 Å². The van der Waals surface area contributed by atoms with Gasteiger partial charge in [0, 0.05) is 42.5 Å². The standard InChI is InChI=1S/C16H22Cl2N2O2/c1-11(2)20(12(3)21)9-7-16(22)19-8-6-13-4-5-14(17)10-15(13)18/h4-5,10-11H,6-9H2,1-3H3,(H,19,22). The third kappa shape index (κ3) is 6.24. The SMILES string of the molecule is CC(=O)N(CCC(=O)NCCc1ccc(Cl)cc1Cl)C(C)C. The van der Waals surface area contributed by atoms with Crippen LogP contribution in [0.5, 0.6) is 0 Å². The predicted molar refractivity (Wildman–Crippen MR) is 90.3 cm³/mol. The Morgan fingerprint density at radius 3 is 2.50 bits per heavy atom. The average molecular weight is 345 g/mol. The monoisotopic (exact) mass is 344 g/mol. The molecule has 22 heavy (non-hydrogen) atoms. The molecule has 1 N–H and O–H groups in total. The molecule has 1 aromatic rings. The summed E-state index contributed by atoms with van der Waals surface area (Å²) >= 11 is 11.9.